The summed E-state index contributed by atoms with van der Waals surface area (Å²) >= 11 is 0. The number of amidine groups is 1. The highest BCUT2D eigenvalue weighted by atomic mass is 19.2. The number of aliphatic imine (C=N–C) groups is 3. The number of rotatable bonds is 6. The first-order valence-electron chi connectivity index (χ1n) is 14.7. The summed E-state index contributed by atoms with van der Waals surface area (Å²) in [7, 11) is 0. The number of benzene rings is 2. The molecule has 2 aromatic rings. The molecule has 0 amide bonds. The Morgan fingerprint density at radius 2 is 1.85 bits per heavy atom. The molecule has 0 saturated carbocycles. The molecule has 0 aliphatic carbocycles. The molecule has 2 aromatic carbocycles. The maximum atomic E-state index is 14.3. The fourth-order valence-electron chi connectivity index (χ4n) is 5.93. The Hall–Kier alpha value is -3.71. The molecule has 41 heavy (non-hydrogen) atoms. The van der Waals surface area contributed by atoms with E-state index in [1.165, 1.54) is 60.3 Å². The quantitative estimate of drug-likeness (QED) is 0.376. The summed E-state index contributed by atoms with van der Waals surface area (Å²) in [6.45, 7) is 6.95. The lowest BCUT2D eigenvalue weighted by Gasteiger charge is -2.17. The van der Waals surface area contributed by atoms with Crippen LogP contribution in [0.2, 0.25) is 0 Å². The molecule has 0 aromatic heterocycles. The van der Waals surface area contributed by atoms with E-state index in [2.05, 4.69) is 57.1 Å². The lowest BCUT2D eigenvalue weighted by Crippen LogP contribution is -2.18. The van der Waals surface area contributed by atoms with E-state index in [4.69, 9.17) is 4.74 Å². The third kappa shape index (κ3) is 6.46. The summed E-state index contributed by atoms with van der Waals surface area (Å²) in [6, 6.07) is 13.1. The zero-order valence-corrected chi connectivity index (χ0v) is 23.6. The van der Waals surface area contributed by atoms with Gasteiger partial charge in [0.25, 0.3) is 0 Å². The SMILES string of the molecule is CC1=C(c2ccc(CN3CCCC3)cc2)C=C(CC2CCC=C3N=C(c4cccc(F)c4F)N=C3C=NC2)OCC1. The van der Waals surface area contributed by atoms with E-state index >= 15 is 0 Å². The highest BCUT2D eigenvalue weighted by Gasteiger charge is 2.22. The van der Waals surface area contributed by atoms with Crippen molar-refractivity contribution in [2.75, 3.05) is 26.2 Å². The van der Waals surface area contributed by atoms with Gasteiger partial charge < -0.3 is 4.74 Å². The number of hydrogen-bond donors (Lipinski definition) is 0. The van der Waals surface area contributed by atoms with Gasteiger partial charge in [0, 0.05) is 32.1 Å². The van der Waals surface area contributed by atoms with Crippen molar-refractivity contribution in [1.82, 2.24) is 4.90 Å². The van der Waals surface area contributed by atoms with E-state index in [1.807, 2.05) is 6.08 Å². The number of hydrogen-bond acceptors (Lipinski definition) is 5. The topological polar surface area (TPSA) is 49.5 Å². The minimum absolute atomic E-state index is 0.0621. The first kappa shape index (κ1) is 27.5. The molecule has 4 aliphatic heterocycles. The van der Waals surface area contributed by atoms with Gasteiger partial charge in [0.2, 0.25) is 0 Å². The van der Waals surface area contributed by atoms with Gasteiger partial charge in [0.15, 0.2) is 17.5 Å². The molecule has 6 rings (SSSR count). The molecule has 5 nitrogen and oxygen atoms in total. The second-order valence-corrected chi connectivity index (χ2v) is 11.3. The maximum absolute atomic E-state index is 14.3. The lowest BCUT2D eigenvalue weighted by molar-refractivity contribution is 0.196. The second-order valence-electron chi connectivity index (χ2n) is 11.3. The predicted molar refractivity (Wildman–Crippen MR) is 161 cm³/mol. The number of likely N-dealkylation sites (tertiary alicyclic amines) is 1. The van der Waals surface area contributed by atoms with Gasteiger partial charge in [-0.15, -0.1) is 0 Å². The summed E-state index contributed by atoms with van der Waals surface area (Å²) in [6.07, 6.45) is 12.0. The van der Waals surface area contributed by atoms with E-state index in [0.29, 0.717) is 30.5 Å². The van der Waals surface area contributed by atoms with Crippen LogP contribution in [0.5, 0.6) is 0 Å². The fourth-order valence-corrected chi connectivity index (χ4v) is 5.93. The van der Waals surface area contributed by atoms with Crippen molar-refractivity contribution in [2.45, 2.75) is 52.0 Å². The van der Waals surface area contributed by atoms with Crippen molar-refractivity contribution in [3.05, 3.63) is 100.0 Å². The molecule has 0 radical (unpaired) electrons. The van der Waals surface area contributed by atoms with Gasteiger partial charge >= 0.3 is 0 Å². The summed E-state index contributed by atoms with van der Waals surface area (Å²) in [5, 5.41) is 0. The van der Waals surface area contributed by atoms with Gasteiger partial charge in [0.05, 0.1) is 23.6 Å². The predicted octanol–water partition coefficient (Wildman–Crippen LogP) is 7.29. The van der Waals surface area contributed by atoms with Crippen molar-refractivity contribution in [3.63, 3.8) is 0 Å². The minimum Gasteiger partial charge on any atom is -0.498 e. The van der Waals surface area contributed by atoms with Crippen molar-refractivity contribution in [3.8, 4) is 0 Å². The molecule has 0 N–H and O–H groups in total. The van der Waals surface area contributed by atoms with Crippen LogP contribution in [0.25, 0.3) is 5.57 Å². The van der Waals surface area contributed by atoms with Crippen LogP contribution in [-0.4, -0.2) is 48.9 Å². The van der Waals surface area contributed by atoms with Crippen LogP contribution in [0.1, 0.15) is 62.1 Å². The zero-order chi connectivity index (χ0) is 28.2. The van der Waals surface area contributed by atoms with E-state index in [9.17, 15) is 8.78 Å². The molecule has 7 heteroatoms. The number of ether oxygens (including phenoxy) is 1. The number of allylic oxidation sites excluding steroid dienone is 5. The van der Waals surface area contributed by atoms with E-state index in [-0.39, 0.29) is 11.4 Å². The molecule has 1 fully saturated rings. The third-order valence-electron chi connectivity index (χ3n) is 8.29. The number of fused-ring (bicyclic) bond motifs is 1. The van der Waals surface area contributed by atoms with E-state index in [0.717, 1.165) is 44.1 Å². The first-order chi connectivity index (χ1) is 20.0. The van der Waals surface area contributed by atoms with Gasteiger partial charge in [-0.25, -0.2) is 18.8 Å². The van der Waals surface area contributed by atoms with Crippen molar-refractivity contribution in [2.24, 2.45) is 20.9 Å². The average molecular weight is 555 g/mol. The van der Waals surface area contributed by atoms with Crippen LogP contribution >= 0.6 is 0 Å². The molecular weight excluding hydrogens is 518 g/mol. The standard InChI is InChI=1S/C34H36F2N4O/c1-23-14-17-41-27(19-29(23)26-12-10-24(11-13-26)22-40-15-2-3-16-40)18-25-6-4-9-31-32(21-37-20-25)39-34(38-31)28-7-5-8-30(35)33(28)36/h5,7-13,19,21,25H,2-4,6,14-18,20,22H2,1H3. The van der Waals surface area contributed by atoms with Crippen LogP contribution in [0.4, 0.5) is 8.78 Å². The lowest BCUT2D eigenvalue weighted by atomic mass is 9.94. The number of halogens is 2. The van der Waals surface area contributed by atoms with Gasteiger partial charge in [-0.1, -0.05) is 42.0 Å². The summed E-state index contributed by atoms with van der Waals surface area (Å²) in [5.41, 5.74) is 6.52. The van der Waals surface area contributed by atoms with Crippen LogP contribution in [0.3, 0.4) is 0 Å². The molecule has 1 unspecified atom stereocenters. The van der Waals surface area contributed by atoms with Gasteiger partial charge in [-0.05, 0) is 86.5 Å². The Labute approximate surface area is 240 Å². The molecule has 1 atom stereocenters. The smallest absolute Gasteiger partial charge is 0.169 e. The third-order valence-corrected chi connectivity index (χ3v) is 8.29. The summed E-state index contributed by atoms with van der Waals surface area (Å²) < 4.78 is 34.3. The molecule has 212 valence electrons. The zero-order valence-electron chi connectivity index (χ0n) is 23.6. The van der Waals surface area contributed by atoms with Gasteiger partial charge in [0.1, 0.15) is 5.71 Å². The Kier molecular flexibility index (Phi) is 8.33. The average Bonchev–Trinajstić information content (AvgIpc) is 3.60. The molecule has 1 saturated heterocycles. The number of nitrogens with zero attached hydrogens (tertiary/aromatic N) is 4. The Bertz CT molecular complexity index is 1480. The molecule has 0 spiro atoms. The summed E-state index contributed by atoms with van der Waals surface area (Å²) in [4.78, 5) is 16.2. The van der Waals surface area contributed by atoms with Crippen molar-refractivity contribution in [1.29, 1.82) is 0 Å². The van der Waals surface area contributed by atoms with E-state index < -0.39 is 11.6 Å². The fraction of sp³-hybridized carbons (Fsp3) is 0.382. The van der Waals surface area contributed by atoms with Crippen molar-refractivity contribution >= 4 is 23.3 Å². The molecule has 0 bridgehead atoms. The molecular formula is C34H36F2N4O. The maximum Gasteiger partial charge on any atom is 0.169 e. The first-order valence-corrected chi connectivity index (χ1v) is 14.7. The van der Waals surface area contributed by atoms with Crippen LogP contribution in [-0.2, 0) is 11.3 Å². The Morgan fingerprint density at radius 3 is 2.68 bits per heavy atom. The van der Waals surface area contributed by atoms with Crippen LogP contribution in [0, 0.1) is 17.6 Å². The molecule has 4 heterocycles. The highest BCUT2D eigenvalue weighted by Crippen LogP contribution is 2.31. The van der Waals surface area contributed by atoms with Gasteiger partial charge in [-0.3, -0.25) is 9.89 Å². The Morgan fingerprint density at radius 1 is 1.02 bits per heavy atom. The van der Waals surface area contributed by atoms with E-state index in [1.54, 1.807) is 6.21 Å². The molecule has 4 aliphatic rings. The normalized spacial score (nSPS) is 21.6. The monoisotopic (exact) mass is 554 g/mol. The Balaban J connectivity index is 1.13. The largest absolute Gasteiger partial charge is 0.498 e. The minimum atomic E-state index is -0.932. The van der Waals surface area contributed by atoms with Gasteiger partial charge in [-0.2, -0.15) is 0 Å². The van der Waals surface area contributed by atoms with Crippen LogP contribution < -0.4 is 0 Å². The van der Waals surface area contributed by atoms with Crippen molar-refractivity contribution < 1.29 is 13.5 Å². The summed E-state index contributed by atoms with van der Waals surface area (Å²) in [5.74, 6) is -0.347. The second kappa shape index (κ2) is 12.4. The van der Waals surface area contributed by atoms with Crippen LogP contribution in [0.15, 0.2) is 86.6 Å². The highest BCUT2D eigenvalue weighted by molar-refractivity contribution is 6.42.